The van der Waals surface area contributed by atoms with Crippen molar-refractivity contribution in [3.63, 3.8) is 0 Å². The average molecular weight is 258 g/mol. The highest BCUT2D eigenvalue weighted by atomic mass is 16.5. The van der Waals surface area contributed by atoms with E-state index in [0.29, 0.717) is 16.5 Å². The van der Waals surface area contributed by atoms with E-state index in [1.54, 1.807) is 30.3 Å². The van der Waals surface area contributed by atoms with Crippen molar-refractivity contribution in [3.8, 4) is 5.75 Å². The van der Waals surface area contributed by atoms with E-state index in [1.807, 2.05) is 0 Å². The molecule has 5 nitrogen and oxygen atoms in total. The molecule has 0 aromatic heterocycles. The van der Waals surface area contributed by atoms with Gasteiger partial charge in [0.05, 0.1) is 25.0 Å². The summed E-state index contributed by atoms with van der Waals surface area (Å²) in [6.45, 7) is 0. The fraction of sp³-hybridized carbons (Fsp3) is 0.143. The molecule has 0 spiro atoms. The Morgan fingerprint density at radius 1 is 1.11 bits per heavy atom. The van der Waals surface area contributed by atoms with E-state index in [2.05, 4.69) is 0 Å². The molecule has 0 saturated carbocycles. The fourth-order valence-electron chi connectivity index (χ4n) is 2.02. The third-order valence-electron chi connectivity index (χ3n) is 2.90. The van der Waals surface area contributed by atoms with E-state index < -0.39 is 17.9 Å². The predicted molar refractivity (Wildman–Crippen MR) is 63.3 cm³/mol. The van der Waals surface area contributed by atoms with Gasteiger partial charge in [0.25, 0.3) is 0 Å². The molecule has 19 heavy (non-hydrogen) atoms. The predicted octanol–water partition coefficient (Wildman–Crippen LogP) is -0.568. The summed E-state index contributed by atoms with van der Waals surface area (Å²) in [6.07, 6.45) is 0. The molecule has 0 N–H and O–H groups in total. The zero-order chi connectivity index (χ0) is 14.0. The minimum Gasteiger partial charge on any atom is -0.549 e. The van der Waals surface area contributed by atoms with Gasteiger partial charge in [-0.2, -0.15) is 0 Å². The maximum Gasteiger partial charge on any atom is 0.119 e. The maximum absolute atomic E-state index is 11.0. The number of fused-ring (bicyclic) bond motifs is 1. The lowest BCUT2D eigenvalue weighted by atomic mass is 9.93. The van der Waals surface area contributed by atoms with E-state index in [0.717, 1.165) is 0 Å². The van der Waals surface area contributed by atoms with Gasteiger partial charge in [-0.05, 0) is 28.5 Å². The second-order valence-corrected chi connectivity index (χ2v) is 4.01. The topological polar surface area (TPSA) is 89.5 Å². The van der Waals surface area contributed by atoms with Gasteiger partial charge in [0.1, 0.15) is 5.75 Å². The lowest BCUT2D eigenvalue weighted by Crippen LogP contribution is -2.41. The Kier molecular flexibility index (Phi) is 3.37. The molecule has 2 aromatic carbocycles. The summed E-state index contributed by atoms with van der Waals surface area (Å²) in [6, 6.07) is 9.69. The van der Waals surface area contributed by atoms with Gasteiger partial charge in [-0.1, -0.05) is 24.3 Å². The summed E-state index contributed by atoms with van der Waals surface area (Å²) in [5.74, 6) is -4.58. The largest absolute Gasteiger partial charge is 0.549 e. The van der Waals surface area contributed by atoms with E-state index in [9.17, 15) is 19.8 Å². The number of carbonyl (C=O) groups is 2. The molecule has 0 fully saturated rings. The highest BCUT2D eigenvalue weighted by Gasteiger charge is 2.16. The zero-order valence-corrected chi connectivity index (χ0v) is 10.1. The number of benzene rings is 2. The molecular weight excluding hydrogens is 248 g/mol. The van der Waals surface area contributed by atoms with Crippen molar-refractivity contribution in [2.24, 2.45) is 0 Å². The highest BCUT2D eigenvalue weighted by molar-refractivity contribution is 6.02. The number of methoxy groups -OCH3 is 1. The normalized spacial score (nSPS) is 10.6. The van der Waals surface area contributed by atoms with Gasteiger partial charge in [-0.3, -0.25) is 0 Å². The molecule has 5 heteroatoms. The standard InChI is InChI=1S/C14H12O5/c1-19-9-5-6-10-8(7-9)3-2-4-11(10)12(13(15)16)14(17)18/h2-7,12H,1H3,(H,15,16)(H,17,18)/p-2. The van der Waals surface area contributed by atoms with Gasteiger partial charge in [-0.15, -0.1) is 0 Å². The van der Waals surface area contributed by atoms with Crippen molar-refractivity contribution >= 4 is 22.7 Å². The molecule has 98 valence electrons. The second kappa shape index (κ2) is 4.97. The Labute approximate surface area is 109 Å². The van der Waals surface area contributed by atoms with Gasteiger partial charge in [0.15, 0.2) is 0 Å². The first kappa shape index (κ1) is 12.9. The smallest absolute Gasteiger partial charge is 0.119 e. The number of carboxylic acid groups (broad SMARTS) is 2. The van der Waals surface area contributed by atoms with Gasteiger partial charge < -0.3 is 24.5 Å². The molecule has 0 bridgehead atoms. The molecule has 2 aromatic rings. The number of carbonyl (C=O) groups excluding carboxylic acids is 2. The van der Waals surface area contributed by atoms with Crippen LogP contribution in [0.15, 0.2) is 36.4 Å². The van der Waals surface area contributed by atoms with Crippen molar-refractivity contribution in [3.05, 3.63) is 42.0 Å². The highest BCUT2D eigenvalue weighted by Crippen LogP contribution is 2.28. The van der Waals surface area contributed by atoms with Gasteiger partial charge >= 0.3 is 0 Å². The van der Waals surface area contributed by atoms with Crippen LogP contribution in [0.2, 0.25) is 0 Å². The fourth-order valence-corrected chi connectivity index (χ4v) is 2.02. The number of rotatable bonds is 4. The van der Waals surface area contributed by atoms with E-state index >= 15 is 0 Å². The first-order valence-corrected chi connectivity index (χ1v) is 5.53. The molecule has 0 atom stereocenters. The van der Waals surface area contributed by atoms with Crippen LogP contribution in [0.25, 0.3) is 10.8 Å². The van der Waals surface area contributed by atoms with Crippen molar-refractivity contribution in [1.82, 2.24) is 0 Å². The number of carboxylic acids is 2. The summed E-state index contributed by atoms with van der Waals surface area (Å²) < 4.78 is 5.06. The first-order valence-electron chi connectivity index (χ1n) is 5.53. The summed E-state index contributed by atoms with van der Waals surface area (Å²) in [4.78, 5) is 21.9. The Balaban J connectivity index is 2.66. The SMILES string of the molecule is COc1ccc2c(C(C(=O)[O-])C(=O)[O-])cccc2c1. The van der Waals surface area contributed by atoms with Gasteiger partial charge in [-0.25, -0.2) is 0 Å². The molecule has 0 amide bonds. The number of ether oxygens (including phenoxy) is 1. The van der Waals surface area contributed by atoms with E-state index in [4.69, 9.17) is 4.74 Å². The van der Waals surface area contributed by atoms with Crippen LogP contribution < -0.4 is 14.9 Å². The van der Waals surface area contributed by atoms with Crippen LogP contribution in [0, 0.1) is 0 Å². The average Bonchev–Trinajstić information content (AvgIpc) is 2.37. The Morgan fingerprint density at radius 3 is 2.37 bits per heavy atom. The molecular formula is C14H10O5-2. The third-order valence-corrected chi connectivity index (χ3v) is 2.90. The molecule has 0 aliphatic carbocycles. The summed E-state index contributed by atoms with van der Waals surface area (Å²) in [5, 5.41) is 23.1. The van der Waals surface area contributed by atoms with E-state index in [-0.39, 0.29) is 5.56 Å². The minimum atomic E-state index is -1.79. The van der Waals surface area contributed by atoms with Crippen LogP contribution in [0.1, 0.15) is 11.5 Å². The Morgan fingerprint density at radius 2 is 1.79 bits per heavy atom. The van der Waals surface area contributed by atoms with Crippen molar-refractivity contribution in [2.75, 3.05) is 7.11 Å². The minimum absolute atomic E-state index is 0.139. The van der Waals surface area contributed by atoms with Crippen molar-refractivity contribution < 1.29 is 24.5 Å². The number of hydrogen-bond acceptors (Lipinski definition) is 5. The van der Waals surface area contributed by atoms with Crippen molar-refractivity contribution in [1.29, 1.82) is 0 Å². The van der Waals surface area contributed by atoms with Crippen LogP contribution in [-0.2, 0) is 9.59 Å². The first-order chi connectivity index (χ1) is 9.04. The lowest BCUT2D eigenvalue weighted by molar-refractivity contribution is -0.326. The van der Waals surface area contributed by atoms with Crippen LogP contribution >= 0.6 is 0 Å². The molecule has 0 saturated heterocycles. The molecule has 0 aliphatic rings. The molecule has 0 heterocycles. The van der Waals surface area contributed by atoms with E-state index in [1.165, 1.54) is 13.2 Å². The van der Waals surface area contributed by atoms with Crippen LogP contribution in [0.4, 0.5) is 0 Å². The van der Waals surface area contributed by atoms with Crippen molar-refractivity contribution in [2.45, 2.75) is 5.92 Å². The quantitative estimate of drug-likeness (QED) is 0.685. The van der Waals surface area contributed by atoms with Gasteiger partial charge in [0.2, 0.25) is 0 Å². The van der Waals surface area contributed by atoms with Crippen LogP contribution in [0.5, 0.6) is 5.75 Å². The molecule has 0 radical (unpaired) electrons. The number of hydrogen-bond donors (Lipinski definition) is 0. The monoisotopic (exact) mass is 258 g/mol. The molecule has 2 rings (SSSR count). The summed E-state index contributed by atoms with van der Waals surface area (Å²) >= 11 is 0. The third kappa shape index (κ3) is 2.35. The van der Waals surface area contributed by atoms with Gasteiger partial charge in [0, 0.05) is 0 Å². The summed E-state index contributed by atoms with van der Waals surface area (Å²) in [5.41, 5.74) is 0.139. The molecule has 0 aliphatic heterocycles. The Bertz CT molecular complexity index is 633. The van der Waals surface area contributed by atoms with Crippen LogP contribution in [0.3, 0.4) is 0 Å². The Hall–Kier alpha value is -2.56. The zero-order valence-electron chi connectivity index (χ0n) is 10.1. The molecule has 0 unspecified atom stereocenters. The van der Waals surface area contributed by atoms with Crippen LogP contribution in [-0.4, -0.2) is 19.0 Å². The number of aliphatic carboxylic acids is 2. The maximum atomic E-state index is 11.0. The second-order valence-electron chi connectivity index (χ2n) is 4.01. The lowest BCUT2D eigenvalue weighted by Gasteiger charge is -2.21. The summed E-state index contributed by atoms with van der Waals surface area (Å²) in [7, 11) is 1.51.